The zero-order valence-corrected chi connectivity index (χ0v) is 10.6. The van der Waals surface area contributed by atoms with Crippen molar-refractivity contribution in [2.45, 2.75) is 39.2 Å². The van der Waals surface area contributed by atoms with Gasteiger partial charge in [-0.2, -0.15) is 0 Å². The van der Waals surface area contributed by atoms with Gasteiger partial charge >= 0.3 is 5.97 Å². The number of amides is 1. The summed E-state index contributed by atoms with van der Waals surface area (Å²) < 4.78 is 0. The molecule has 2 atom stereocenters. The molecule has 0 aromatic rings. The number of carboxylic acids is 1. The van der Waals surface area contributed by atoms with Gasteiger partial charge in [-0.15, -0.1) is 0 Å². The Balaban J connectivity index is 2.43. The molecular formula is C12H22N2O3. The van der Waals surface area contributed by atoms with Gasteiger partial charge in [-0.3, -0.25) is 14.5 Å². The summed E-state index contributed by atoms with van der Waals surface area (Å²) in [6, 6.07) is 0.192. The van der Waals surface area contributed by atoms with E-state index in [1.54, 1.807) is 0 Å². The molecule has 98 valence electrons. The second-order valence-electron chi connectivity index (χ2n) is 4.79. The van der Waals surface area contributed by atoms with E-state index in [0.717, 1.165) is 25.8 Å². The third-order valence-electron chi connectivity index (χ3n) is 3.24. The van der Waals surface area contributed by atoms with Crippen LogP contribution in [0.15, 0.2) is 0 Å². The van der Waals surface area contributed by atoms with Gasteiger partial charge in [0.25, 0.3) is 0 Å². The molecule has 0 spiro atoms. The van der Waals surface area contributed by atoms with Crippen LogP contribution < -0.4 is 5.32 Å². The van der Waals surface area contributed by atoms with E-state index in [0.29, 0.717) is 6.54 Å². The second kappa shape index (κ2) is 6.59. The first-order valence-corrected chi connectivity index (χ1v) is 6.27. The largest absolute Gasteiger partial charge is 0.480 e. The smallest absolute Gasteiger partial charge is 0.317 e. The molecule has 1 aliphatic rings. The van der Waals surface area contributed by atoms with E-state index in [-0.39, 0.29) is 24.4 Å². The van der Waals surface area contributed by atoms with Crippen molar-refractivity contribution in [1.29, 1.82) is 0 Å². The molecule has 1 heterocycles. The molecule has 0 aromatic heterocycles. The number of nitrogens with one attached hydrogen (secondary N) is 1. The Bertz CT molecular complexity index is 281. The third kappa shape index (κ3) is 4.73. The Labute approximate surface area is 102 Å². The molecule has 5 heteroatoms. The first kappa shape index (κ1) is 14.0. The van der Waals surface area contributed by atoms with Crippen LogP contribution in [0.1, 0.15) is 33.1 Å². The molecule has 1 fully saturated rings. The van der Waals surface area contributed by atoms with Gasteiger partial charge in [0.05, 0.1) is 12.5 Å². The van der Waals surface area contributed by atoms with Crippen molar-refractivity contribution < 1.29 is 14.7 Å². The summed E-state index contributed by atoms with van der Waals surface area (Å²) in [6.45, 7) is 5.39. The lowest BCUT2D eigenvalue weighted by atomic mass is 9.96. The van der Waals surface area contributed by atoms with E-state index < -0.39 is 5.97 Å². The lowest BCUT2D eigenvalue weighted by Crippen LogP contribution is -2.46. The summed E-state index contributed by atoms with van der Waals surface area (Å²) in [5.74, 6) is -0.820. The van der Waals surface area contributed by atoms with Gasteiger partial charge in [-0.1, -0.05) is 6.92 Å². The van der Waals surface area contributed by atoms with Crippen molar-refractivity contribution in [1.82, 2.24) is 10.2 Å². The molecule has 0 aliphatic carbocycles. The van der Waals surface area contributed by atoms with Crippen LogP contribution in [0.3, 0.4) is 0 Å². The van der Waals surface area contributed by atoms with Crippen LogP contribution in [-0.4, -0.2) is 47.6 Å². The number of hydrogen-bond acceptors (Lipinski definition) is 3. The number of aliphatic carboxylic acids is 1. The minimum absolute atomic E-state index is 0.0348. The highest BCUT2D eigenvalue weighted by atomic mass is 16.4. The molecule has 5 nitrogen and oxygen atoms in total. The van der Waals surface area contributed by atoms with Gasteiger partial charge in [-0.05, 0) is 32.7 Å². The highest BCUT2D eigenvalue weighted by Crippen LogP contribution is 2.16. The predicted octanol–water partition coefficient (Wildman–Crippen LogP) is 0.698. The van der Waals surface area contributed by atoms with Gasteiger partial charge < -0.3 is 10.4 Å². The maximum Gasteiger partial charge on any atom is 0.317 e. The summed E-state index contributed by atoms with van der Waals surface area (Å²) in [4.78, 5) is 24.4. The Morgan fingerprint density at radius 1 is 1.53 bits per heavy atom. The standard InChI is InChI=1S/C12H22N2O3/c1-3-9(2)13-12(17)10-5-4-6-14(7-10)8-11(15)16/h9-10H,3-8H2,1-2H3,(H,13,17)(H,15,16). The van der Waals surface area contributed by atoms with Gasteiger partial charge in [0, 0.05) is 12.6 Å². The first-order chi connectivity index (χ1) is 8.02. The Morgan fingerprint density at radius 2 is 2.24 bits per heavy atom. The zero-order valence-electron chi connectivity index (χ0n) is 10.6. The molecule has 0 aromatic carbocycles. The molecule has 0 bridgehead atoms. The second-order valence-corrected chi connectivity index (χ2v) is 4.79. The van der Waals surface area contributed by atoms with Crippen LogP contribution in [0.4, 0.5) is 0 Å². The normalized spacial score (nSPS) is 23.1. The molecule has 1 amide bonds. The van der Waals surface area contributed by atoms with E-state index in [9.17, 15) is 9.59 Å². The van der Waals surface area contributed by atoms with Crippen LogP contribution >= 0.6 is 0 Å². The van der Waals surface area contributed by atoms with E-state index in [1.807, 2.05) is 18.7 Å². The fourth-order valence-corrected chi connectivity index (χ4v) is 2.07. The minimum atomic E-state index is -0.826. The number of rotatable bonds is 5. The Morgan fingerprint density at radius 3 is 2.82 bits per heavy atom. The molecule has 1 rings (SSSR count). The lowest BCUT2D eigenvalue weighted by molar-refractivity contribution is -0.140. The highest BCUT2D eigenvalue weighted by molar-refractivity contribution is 5.79. The minimum Gasteiger partial charge on any atom is -0.480 e. The number of carbonyl (C=O) groups excluding carboxylic acids is 1. The number of carbonyl (C=O) groups is 2. The molecule has 0 radical (unpaired) electrons. The van der Waals surface area contributed by atoms with Gasteiger partial charge in [0.15, 0.2) is 0 Å². The number of piperidine rings is 1. The first-order valence-electron chi connectivity index (χ1n) is 6.27. The summed E-state index contributed by atoms with van der Waals surface area (Å²) in [7, 11) is 0. The van der Waals surface area contributed by atoms with Crippen LogP contribution in [0, 0.1) is 5.92 Å². The van der Waals surface area contributed by atoms with Crippen molar-refractivity contribution in [2.75, 3.05) is 19.6 Å². The number of hydrogen-bond donors (Lipinski definition) is 2. The molecule has 1 aliphatic heterocycles. The summed E-state index contributed by atoms with van der Waals surface area (Å²) in [5.41, 5.74) is 0. The molecule has 0 saturated carbocycles. The maximum atomic E-state index is 11.9. The van der Waals surface area contributed by atoms with Gasteiger partial charge in [0.1, 0.15) is 0 Å². The third-order valence-corrected chi connectivity index (χ3v) is 3.24. The van der Waals surface area contributed by atoms with Crippen molar-refractivity contribution in [3.05, 3.63) is 0 Å². The average molecular weight is 242 g/mol. The quantitative estimate of drug-likeness (QED) is 0.744. The van der Waals surface area contributed by atoms with Crippen LogP contribution in [0.25, 0.3) is 0 Å². The Hall–Kier alpha value is -1.10. The van der Waals surface area contributed by atoms with E-state index in [4.69, 9.17) is 5.11 Å². The number of nitrogens with zero attached hydrogens (tertiary/aromatic N) is 1. The number of likely N-dealkylation sites (tertiary alicyclic amines) is 1. The van der Waals surface area contributed by atoms with E-state index in [1.165, 1.54) is 0 Å². The number of carboxylic acid groups (broad SMARTS) is 1. The van der Waals surface area contributed by atoms with E-state index in [2.05, 4.69) is 5.32 Å². The Kier molecular flexibility index (Phi) is 5.41. The lowest BCUT2D eigenvalue weighted by Gasteiger charge is -2.31. The zero-order chi connectivity index (χ0) is 12.8. The van der Waals surface area contributed by atoms with Crippen molar-refractivity contribution >= 4 is 11.9 Å². The summed E-state index contributed by atoms with van der Waals surface area (Å²) >= 11 is 0. The fourth-order valence-electron chi connectivity index (χ4n) is 2.07. The SMILES string of the molecule is CCC(C)NC(=O)C1CCCN(CC(=O)O)C1. The molecule has 17 heavy (non-hydrogen) atoms. The van der Waals surface area contributed by atoms with Crippen LogP contribution in [-0.2, 0) is 9.59 Å². The topological polar surface area (TPSA) is 69.6 Å². The maximum absolute atomic E-state index is 11.9. The summed E-state index contributed by atoms with van der Waals surface area (Å²) in [6.07, 6.45) is 2.67. The molecular weight excluding hydrogens is 220 g/mol. The highest BCUT2D eigenvalue weighted by Gasteiger charge is 2.27. The van der Waals surface area contributed by atoms with Gasteiger partial charge in [-0.25, -0.2) is 0 Å². The van der Waals surface area contributed by atoms with Crippen molar-refractivity contribution in [3.8, 4) is 0 Å². The van der Waals surface area contributed by atoms with Crippen molar-refractivity contribution in [3.63, 3.8) is 0 Å². The fraction of sp³-hybridized carbons (Fsp3) is 0.833. The average Bonchev–Trinajstić information content (AvgIpc) is 2.28. The molecule has 2 N–H and O–H groups in total. The van der Waals surface area contributed by atoms with Crippen LogP contribution in [0.2, 0.25) is 0 Å². The van der Waals surface area contributed by atoms with Gasteiger partial charge in [0.2, 0.25) is 5.91 Å². The van der Waals surface area contributed by atoms with Crippen molar-refractivity contribution in [2.24, 2.45) is 5.92 Å². The van der Waals surface area contributed by atoms with Crippen LogP contribution in [0.5, 0.6) is 0 Å². The molecule has 1 saturated heterocycles. The molecule has 2 unspecified atom stereocenters. The van der Waals surface area contributed by atoms with E-state index >= 15 is 0 Å². The monoisotopic (exact) mass is 242 g/mol. The predicted molar refractivity (Wildman–Crippen MR) is 64.7 cm³/mol. The summed E-state index contributed by atoms with van der Waals surface area (Å²) in [5, 5.41) is 11.7.